The lowest BCUT2D eigenvalue weighted by Crippen LogP contribution is -2.10. The topological polar surface area (TPSA) is 3.24 Å². The molecule has 1 rings (SSSR count). The minimum atomic E-state index is -0.224. The lowest BCUT2D eigenvalue weighted by Gasteiger charge is -2.13. The van der Waals surface area contributed by atoms with E-state index in [4.69, 9.17) is 11.6 Å². The molecule has 0 unspecified atom stereocenters. The first-order valence-corrected chi connectivity index (χ1v) is 4.20. The summed E-state index contributed by atoms with van der Waals surface area (Å²) in [6.45, 7) is 0. The molecule has 0 N–H and O–H groups in total. The molecule has 0 saturated carbocycles. The Labute approximate surface area is 88.9 Å². The van der Waals surface area contributed by atoms with E-state index in [1.165, 1.54) is 6.07 Å². The standard InChI is InChI=1S/C9H11ClFN.ClH/c1-12(2)9-4-3-7(6-10)5-8(9)11;/h3-5H,6H2,1-2H3;1H. The molecule has 1 nitrogen and oxygen atoms in total. The molecule has 0 heterocycles. The van der Waals surface area contributed by atoms with Crippen LogP contribution in [0, 0.1) is 5.82 Å². The van der Waals surface area contributed by atoms with E-state index in [0.717, 1.165) is 5.56 Å². The molecular formula is C9H12Cl2FN. The van der Waals surface area contributed by atoms with Gasteiger partial charge in [-0.25, -0.2) is 4.39 Å². The van der Waals surface area contributed by atoms with Crippen molar-refractivity contribution < 1.29 is 4.39 Å². The van der Waals surface area contributed by atoms with Crippen molar-refractivity contribution in [1.82, 2.24) is 0 Å². The van der Waals surface area contributed by atoms with Crippen LogP contribution in [0.15, 0.2) is 18.2 Å². The van der Waals surface area contributed by atoms with Crippen LogP contribution >= 0.6 is 24.0 Å². The van der Waals surface area contributed by atoms with E-state index in [1.807, 2.05) is 6.07 Å². The zero-order valence-corrected chi connectivity index (χ0v) is 9.12. The summed E-state index contributed by atoms with van der Waals surface area (Å²) < 4.78 is 13.2. The SMILES string of the molecule is CN(C)c1ccc(CCl)cc1F.Cl. The zero-order chi connectivity index (χ0) is 9.14. The number of hydrogen-bond donors (Lipinski definition) is 0. The van der Waals surface area contributed by atoms with Crippen LogP contribution in [-0.4, -0.2) is 14.1 Å². The monoisotopic (exact) mass is 223 g/mol. The maximum atomic E-state index is 13.2. The Balaban J connectivity index is 0.00000144. The normalized spacial score (nSPS) is 9.23. The quantitative estimate of drug-likeness (QED) is 0.698. The number of benzene rings is 1. The summed E-state index contributed by atoms with van der Waals surface area (Å²) >= 11 is 5.55. The van der Waals surface area contributed by atoms with Gasteiger partial charge in [-0.3, -0.25) is 0 Å². The molecule has 0 aliphatic rings. The molecule has 13 heavy (non-hydrogen) atoms. The minimum absolute atomic E-state index is 0. The van der Waals surface area contributed by atoms with Gasteiger partial charge in [0.2, 0.25) is 0 Å². The second kappa shape index (κ2) is 5.30. The molecule has 0 spiro atoms. The van der Waals surface area contributed by atoms with Gasteiger partial charge < -0.3 is 4.90 Å². The molecule has 0 radical (unpaired) electrons. The predicted octanol–water partition coefficient (Wildman–Crippen LogP) is 3.05. The van der Waals surface area contributed by atoms with Gasteiger partial charge in [0.15, 0.2) is 0 Å². The molecule has 0 fully saturated rings. The Morgan fingerprint density at radius 2 is 2.00 bits per heavy atom. The van der Waals surface area contributed by atoms with Crippen LogP contribution < -0.4 is 4.90 Å². The number of alkyl halides is 1. The third kappa shape index (κ3) is 3.05. The van der Waals surface area contributed by atoms with Crippen LogP contribution in [0.2, 0.25) is 0 Å². The summed E-state index contributed by atoms with van der Waals surface area (Å²) in [6.07, 6.45) is 0. The molecule has 0 aliphatic carbocycles. The maximum Gasteiger partial charge on any atom is 0.146 e. The highest BCUT2D eigenvalue weighted by molar-refractivity contribution is 6.17. The van der Waals surface area contributed by atoms with E-state index in [1.54, 1.807) is 25.1 Å². The number of anilines is 1. The van der Waals surface area contributed by atoms with Gasteiger partial charge in [-0.05, 0) is 17.7 Å². The first kappa shape index (κ1) is 12.5. The number of halogens is 3. The molecule has 0 amide bonds. The van der Waals surface area contributed by atoms with Crippen LogP contribution in [0.25, 0.3) is 0 Å². The van der Waals surface area contributed by atoms with E-state index < -0.39 is 0 Å². The first-order valence-electron chi connectivity index (χ1n) is 3.67. The van der Waals surface area contributed by atoms with Crippen LogP contribution in [-0.2, 0) is 5.88 Å². The van der Waals surface area contributed by atoms with Gasteiger partial charge in [0, 0.05) is 20.0 Å². The molecule has 0 bridgehead atoms. The highest BCUT2D eigenvalue weighted by Gasteiger charge is 2.03. The Kier molecular flexibility index (Phi) is 5.11. The molecule has 0 saturated heterocycles. The van der Waals surface area contributed by atoms with Crippen molar-refractivity contribution in [3.05, 3.63) is 29.6 Å². The molecule has 1 aromatic rings. The van der Waals surface area contributed by atoms with E-state index in [2.05, 4.69) is 0 Å². The second-order valence-electron chi connectivity index (χ2n) is 2.81. The number of nitrogens with zero attached hydrogens (tertiary/aromatic N) is 1. The van der Waals surface area contributed by atoms with Crippen LogP contribution in [0.3, 0.4) is 0 Å². The van der Waals surface area contributed by atoms with Gasteiger partial charge in [0.05, 0.1) is 5.69 Å². The summed E-state index contributed by atoms with van der Waals surface area (Å²) in [5.41, 5.74) is 1.39. The Hall–Kier alpha value is -0.470. The molecule has 0 aromatic heterocycles. The van der Waals surface area contributed by atoms with Gasteiger partial charge in [0.25, 0.3) is 0 Å². The smallest absolute Gasteiger partial charge is 0.146 e. The van der Waals surface area contributed by atoms with Gasteiger partial charge in [-0.15, -0.1) is 24.0 Å². The third-order valence-electron chi connectivity index (χ3n) is 1.65. The van der Waals surface area contributed by atoms with E-state index in [9.17, 15) is 4.39 Å². The first-order chi connectivity index (χ1) is 5.65. The minimum Gasteiger partial charge on any atom is -0.375 e. The van der Waals surface area contributed by atoms with Gasteiger partial charge in [-0.2, -0.15) is 0 Å². The maximum absolute atomic E-state index is 13.2. The summed E-state index contributed by atoms with van der Waals surface area (Å²) in [4.78, 5) is 1.73. The highest BCUT2D eigenvalue weighted by Crippen LogP contribution is 2.18. The van der Waals surface area contributed by atoms with Crippen molar-refractivity contribution in [2.24, 2.45) is 0 Å². The van der Waals surface area contributed by atoms with Crippen molar-refractivity contribution in [3.8, 4) is 0 Å². The third-order valence-corrected chi connectivity index (χ3v) is 1.96. The molecule has 1 aromatic carbocycles. The van der Waals surface area contributed by atoms with Crippen molar-refractivity contribution in [3.63, 3.8) is 0 Å². The van der Waals surface area contributed by atoms with Gasteiger partial charge in [0.1, 0.15) is 5.82 Å². The lowest BCUT2D eigenvalue weighted by molar-refractivity contribution is 0.625. The van der Waals surface area contributed by atoms with Crippen LogP contribution in [0.1, 0.15) is 5.56 Å². The Morgan fingerprint density at radius 1 is 1.38 bits per heavy atom. The fourth-order valence-corrected chi connectivity index (χ4v) is 1.16. The number of hydrogen-bond acceptors (Lipinski definition) is 1. The Morgan fingerprint density at radius 3 is 2.38 bits per heavy atom. The largest absolute Gasteiger partial charge is 0.375 e. The van der Waals surface area contributed by atoms with Crippen LogP contribution in [0.4, 0.5) is 10.1 Å². The van der Waals surface area contributed by atoms with Crippen molar-refractivity contribution in [2.75, 3.05) is 19.0 Å². The summed E-state index contributed by atoms with van der Waals surface area (Å²) in [5.74, 6) is 0.128. The summed E-state index contributed by atoms with van der Waals surface area (Å²) in [6, 6.07) is 5.01. The number of rotatable bonds is 2. The average Bonchev–Trinajstić information content (AvgIpc) is 2.03. The van der Waals surface area contributed by atoms with E-state index in [0.29, 0.717) is 11.6 Å². The average molecular weight is 224 g/mol. The van der Waals surface area contributed by atoms with Crippen molar-refractivity contribution >= 4 is 29.7 Å². The lowest BCUT2D eigenvalue weighted by atomic mass is 10.2. The summed E-state index contributed by atoms with van der Waals surface area (Å²) in [5, 5.41) is 0. The highest BCUT2D eigenvalue weighted by atomic mass is 35.5. The van der Waals surface area contributed by atoms with Gasteiger partial charge >= 0.3 is 0 Å². The predicted molar refractivity (Wildman–Crippen MR) is 57.5 cm³/mol. The van der Waals surface area contributed by atoms with Crippen LogP contribution in [0.5, 0.6) is 0 Å². The van der Waals surface area contributed by atoms with Gasteiger partial charge in [-0.1, -0.05) is 6.07 Å². The molecular weight excluding hydrogens is 212 g/mol. The summed E-state index contributed by atoms with van der Waals surface area (Å²) in [7, 11) is 3.61. The molecule has 0 atom stereocenters. The van der Waals surface area contributed by atoms with Crippen molar-refractivity contribution in [2.45, 2.75) is 5.88 Å². The second-order valence-corrected chi connectivity index (χ2v) is 3.08. The fourth-order valence-electron chi connectivity index (χ4n) is 0.996. The molecule has 4 heteroatoms. The zero-order valence-electron chi connectivity index (χ0n) is 7.55. The Bertz CT molecular complexity index is 276. The molecule has 74 valence electrons. The van der Waals surface area contributed by atoms with E-state index >= 15 is 0 Å². The van der Waals surface area contributed by atoms with E-state index in [-0.39, 0.29) is 18.2 Å². The van der Waals surface area contributed by atoms with Crippen molar-refractivity contribution in [1.29, 1.82) is 0 Å². The fraction of sp³-hybridized carbons (Fsp3) is 0.333. The molecule has 0 aliphatic heterocycles.